The molecule has 0 aromatic rings. The molecule has 0 spiro atoms. The molecule has 0 aliphatic carbocycles. The maximum absolute atomic E-state index is 11.0. The summed E-state index contributed by atoms with van der Waals surface area (Å²) >= 11 is 0. The molecule has 0 saturated carbocycles. The van der Waals surface area contributed by atoms with E-state index in [-0.39, 0.29) is 11.1 Å². The predicted molar refractivity (Wildman–Crippen MR) is 57.2 cm³/mol. The number of esters is 1. The molecule has 0 aromatic heterocycles. The zero-order valence-corrected chi connectivity index (χ0v) is 10.2. The zero-order chi connectivity index (χ0) is 15.4. The van der Waals surface area contributed by atoms with Crippen LogP contribution in [0, 0.1) is 0 Å². The lowest BCUT2D eigenvalue weighted by molar-refractivity contribution is -0.576. The normalized spacial score (nSPS) is 11.7. The van der Waals surface area contributed by atoms with E-state index in [1.54, 1.807) is 0 Å². The summed E-state index contributed by atoms with van der Waals surface area (Å²) in [5.74, 6) is -10.4. The van der Waals surface area contributed by atoms with Crippen LogP contribution in [-0.2, 0) is 24.1 Å². The summed E-state index contributed by atoms with van der Waals surface area (Å²) in [5.41, 5.74) is -0.432. The molecule has 4 N–H and O–H groups in total. The molecular formula is C10H14O9. The van der Waals surface area contributed by atoms with Crippen molar-refractivity contribution in [1.29, 1.82) is 0 Å². The maximum Gasteiger partial charge on any atom is 0.415 e. The van der Waals surface area contributed by atoms with Crippen LogP contribution < -0.4 is 0 Å². The Hall–Kier alpha value is -1.78. The Bertz CT molecular complexity index is 407. The summed E-state index contributed by atoms with van der Waals surface area (Å²) in [5, 5.41) is 36.5. The number of hydrogen-bond acceptors (Lipinski definition) is 9. The van der Waals surface area contributed by atoms with Gasteiger partial charge in [0.15, 0.2) is 0 Å². The van der Waals surface area contributed by atoms with Gasteiger partial charge in [0.25, 0.3) is 0 Å². The summed E-state index contributed by atoms with van der Waals surface area (Å²) in [6.45, 7) is 8.65. The Morgan fingerprint density at radius 2 is 1.32 bits per heavy atom. The van der Waals surface area contributed by atoms with Crippen molar-refractivity contribution in [2.45, 2.75) is 25.8 Å². The maximum atomic E-state index is 11.0. The van der Waals surface area contributed by atoms with E-state index in [4.69, 9.17) is 20.4 Å². The molecule has 0 unspecified atom stereocenters. The highest BCUT2D eigenvalue weighted by Crippen LogP contribution is 2.22. The minimum absolute atomic E-state index is 0.170. The van der Waals surface area contributed by atoms with Crippen molar-refractivity contribution in [2.75, 3.05) is 0 Å². The second-order valence-corrected chi connectivity index (χ2v) is 3.62. The van der Waals surface area contributed by atoms with Gasteiger partial charge in [-0.3, -0.25) is 4.89 Å². The number of carbonyl (C=O) groups excluding carboxylic acids is 2. The number of carbonyl (C=O) groups is 2. The number of hydrogen-bond donors (Lipinski definition) is 4. The fraction of sp³-hybridized carbons (Fsp3) is 0.400. The number of rotatable bonds is 6. The standard InChI is InChI=1S/C10H14O9/c1-5(2)7(11)17-9(13,14)10(15,16)19-18-8(12)6(3)4/h13-16H,1,3H2,2,4H3. The first-order valence-corrected chi connectivity index (χ1v) is 4.74. The summed E-state index contributed by atoms with van der Waals surface area (Å²) in [4.78, 5) is 29.4. The molecule has 0 rings (SSSR count). The van der Waals surface area contributed by atoms with Crippen LogP contribution in [0.4, 0.5) is 0 Å². The largest absolute Gasteiger partial charge is 0.415 e. The van der Waals surface area contributed by atoms with Gasteiger partial charge in [-0.25, -0.2) is 9.59 Å². The van der Waals surface area contributed by atoms with E-state index in [9.17, 15) is 9.59 Å². The molecular weight excluding hydrogens is 264 g/mol. The van der Waals surface area contributed by atoms with Gasteiger partial charge >= 0.3 is 23.9 Å². The molecule has 0 aliphatic heterocycles. The minimum Gasteiger partial charge on any atom is -0.398 e. The predicted octanol–water partition coefficient (Wildman–Crippen LogP) is -1.57. The van der Waals surface area contributed by atoms with Gasteiger partial charge in [0.05, 0.1) is 0 Å². The van der Waals surface area contributed by atoms with Gasteiger partial charge in [-0.05, 0) is 13.8 Å². The monoisotopic (exact) mass is 278 g/mol. The quantitative estimate of drug-likeness (QED) is 0.149. The highest BCUT2D eigenvalue weighted by molar-refractivity contribution is 5.87. The van der Waals surface area contributed by atoms with E-state index in [1.165, 1.54) is 6.92 Å². The second-order valence-electron chi connectivity index (χ2n) is 3.62. The Morgan fingerprint density at radius 3 is 1.68 bits per heavy atom. The topological polar surface area (TPSA) is 143 Å². The fourth-order valence-electron chi connectivity index (χ4n) is 0.504. The van der Waals surface area contributed by atoms with Crippen molar-refractivity contribution in [1.82, 2.24) is 0 Å². The lowest BCUT2D eigenvalue weighted by atomic mass is 10.3. The van der Waals surface area contributed by atoms with Gasteiger partial charge < -0.3 is 25.2 Å². The summed E-state index contributed by atoms with van der Waals surface area (Å²) in [6, 6.07) is 0. The van der Waals surface area contributed by atoms with Crippen LogP contribution in [0.1, 0.15) is 13.8 Å². The van der Waals surface area contributed by atoms with Crippen LogP contribution in [0.5, 0.6) is 0 Å². The van der Waals surface area contributed by atoms with E-state index >= 15 is 0 Å². The highest BCUT2D eigenvalue weighted by Gasteiger charge is 2.56. The van der Waals surface area contributed by atoms with Crippen molar-refractivity contribution in [3.8, 4) is 0 Å². The van der Waals surface area contributed by atoms with Crippen molar-refractivity contribution in [2.24, 2.45) is 0 Å². The third-order valence-electron chi connectivity index (χ3n) is 1.59. The highest BCUT2D eigenvalue weighted by atomic mass is 17.3. The Labute approximate surface area is 107 Å². The summed E-state index contributed by atoms with van der Waals surface area (Å²) < 4.78 is 3.89. The molecule has 0 aliphatic rings. The number of aliphatic hydroxyl groups is 4. The lowest BCUT2D eigenvalue weighted by Crippen LogP contribution is -2.59. The first kappa shape index (κ1) is 17.2. The van der Waals surface area contributed by atoms with E-state index in [0.29, 0.717) is 0 Å². The zero-order valence-electron chi connectivity index (χ0n) is 10.2. The molecule has 0 saturated heterocycles. The average Bonchev–Trinajstić information content (AvgIpc) is 2.24. The van der Waals surface area contributed by atoms with Crippen molar-refractivity contribution < 1.29 is 44.5 Å². The van der Waals surface area contributed by atoms with Gasteiger partial charge in [-0.15, -0.1) is 4.89 Å². The summed E-state index contributed by atoms with van der Waals surface area (Å²) in [6.07, 6.45) is 0. The van der Waals surface area contributed by atoms with Gasteiger partial charge in [-0.1, -0.05) is 13.2 Å². The van der Waals surface area contributed by atoms with Crippen molar-refractivity contribution in [3.63, 3.8) is 0 Å². The van der Waals surface area contributed by atoms with Crippen LogP contribution >= 0.6 is 0 Å². The van der Waals surface area contributed by atoms with E-state index in [2.05, 4.69) is 27.7 Å². The van der Waals surface area contributed by atoms with Gasteiger partial charge in [0.2, 0.25) is 0 Å². The molecule has 9 nitrogen and oxygen atoms in total. The molecule has 108 valence electrons. The van der Waals surface area contributed by atoms with Crippen LogP contribution in [0.2, 0.25) is 0 Å². The molecule has 9 heteroatoms. The number of ether oxygens (including phenoxy) is 1. The third kappa shape index (κ3) is 4.77. The average molecular weight is 278 g/mol. The molecule has 0 aromatic carbocycles. The first-order valence-electron chi connectivity index (χ1n) is 4.74. The van der Waals surface area contributed by atoms with Gasteiger partial charge in [0.1, 0.15) is 0 Å². The lowest BCUT2D eigenvalue weighted by Gasteiger charge is -2.30. The summed E-state index contributed by atoms with van der Waals surface area (Å²) in [7, 11) is 0. The third-order valence-corrected chi connectivity index (χ3v) is 1.59. The van der Waals surface area contributed by atoms with E-state index in [1.807, 2.05) is 0 Å². The molecule has 0 heterocycles. The SMILES string of the molecule is C=C(C)C(=O)OOC(O)(O)C(O)(O)OC(=O)C(=C)C. The van der Waals surface area contributed by atoms with Crippen LogP contribution in [0.3, 0.4) is 0 Å². The van der Waals surface area contributed by atoms with Crippen LogP contribution in [-0.4, -0.2) is 44.3 Å². The van der Waals surface area contributed by atoms with Crippen LogP contribution in [0.25, 0.3) is 0 Å². The molecule has 0 radical (unpaired) electrons. The fourth-order valence-corrected chi connectivity index (χ4v) is 0.504. The Kier molecular flexibility index (Phi) is 5.35. The Morgan fingerprint density at radius 1 is 0.895 bits per heavy atom. The molecule has 19 heavy (non-hydrogen) atoms. The molecule has 0 amide bonds. The first-order chi connectivity index (χ1) is 8.40. The van der Waals surface area contributed by atoms with Gasteiger partial charge in [0, 0.05) is 11.1 Å². The van der Waals surface area contributed by atoms with Crippen molar-refractivity contribution >= 4 is 11.9 Å². The van der Waals surface area contributed by atoms with Gasteiger partial charge in [-0.2, -0.15) is 0 Å². The Balaban J connectivity index is 4.77. The minimum atomic E-state index is -3.93. The van der Waals surface area contributed by atoms with E-state index in [0.717, 1.165) is 6.92 Å². The molecule has 0 atom stereocenters. The molecule has 0 bridgehead atoms. The second kappa shape index (κ2) is 5.91. The molecule has 0 fully saturated rings. The van der Waals surface area contributed by atoms with Crippen LogP contribution in [0.15, 0.2) is 24.3 Å². The smallest absolute Gasteiger partial charge is 0.398 e. The van der Waals surface area contributed by atoms with Crippen molar-refractivity contribution in [3.05, 3.63) is 24.3 Å². The van der Waals surface area contributed by atoms with E-state index < -0.39 is 23.9 Å².